The summed E-state index contributed by atoms with van der Waals surface area (Å²) >= 11 is 7.39. The van der Waals surface area contributed by atoms with E-state index in [1.54, 1.807) is 12.1 Å². The maximum absolute atomic E-state index is 13.4. The molecule has 2 aromatic carbocycles. The largest absolute Gasteiger partial charge is 0.321 e. The van der Waals surface area contributed by atoms with Crippen LogP contribution < -0.4 is 5.32 Å². The molecular weight excluding hydrogens is 435 g/mol. The van der Waals surface area contributed by atoms with E-state index in [2.05, 4.69) is 5.32 Å². The van der Waals surface area contributed by atoms with Crippen LogP contribution in [-0.2, 0) is 10.0 Å². The third-order valence-corrected chi connectivity index (χ3v) is 8.39. The molecular formula is C20H18ClFN2O3S2. The van der Waals surface area contributed by atoms with E-state index in [-0.39, 0.29) is 14.8 Å². The van der Waals surface area contributed by atoms with Crippen LogP contribution in [-0.4, -0.2) is 31.7 Å². The second kappa shape index (κ2) is 8.02. The molecule has 1 amide bonds. The highest BCUT2D eigenvalue weighted by molar-refractivity contribution is 7.89. The molecule has 4 rings (SSSR count). The molecule has 1 aliphatic rings. The molecule has 2 heterocycles. The average Bonchev–Trinajstić information content (AvgIpc) is 3.04. The minimum Gasteiger partial charge on any atom is -0.321 e. The Balaban J connectivity index is 1.60. The topological polar surface area (TPSA) is 66.5 Å². The Labute approximate surface area is 177 Å². The molecule has 0 aliphatic carbocycles. The Hall–Kier alpha value is -2.00. The zero-order chi connectivity index (χ0) is 20.6. The predicted molar refractivity (Wildman–Crippen MR) is 114 cm³/mol. The van der Waals surface area contributed by atoms with E-state index in [0.717, 1.165) is 30.6 Å². The van der Waals surface area contributed by atoms with Crippen LogP contribution >= 0.6 is 22.9 Å². The molecule has 1 aromatic heterocycles. The van der Waals surface area contributed by atoms with E-state index in [1.165, 1.54) is 34.6 Å². The van der Waals surface area contributed by atoms with Crippen LogP contribution in [0.4, 0.5) is 10.1 Å². The summed E-state index contributed by atoms with van der Waals surface area (Å²) < 4.78 is 41.2. The number of benzene rings is 2. The molecule has 1 N–H and O–H groups in total. The van der Waals surface area contributed by atoms with Crippen molar-refractivity contribution in [2.45, 2.75) is 24.2 Å². The summed E-state index contributed by atoms with van der Waals surface area (Å²) in [5, 5.41) is 3.55. The van der Waals surface area contributed by atoms with E-state index in [1.807, 2.05) is 0 Å². The number of hydrogen-bond donors (Lipinski definition) is 1. The van der Waals surface area contributed by atoms with E-state index in [4.69, 9.17) is 11.6 Å². The molecule has 152 valence electrons. The summed E-state index contributed by atoms with van der Waals surface area (Å²) in [6, 6.07) is 10.3. The number of hydrogen-bond acceptors (Lipinski definition) is 4. The lowest BCUT2D eigenvalue weighted by molar-refractivity contribution is 0.103. The summed E-state index contributed by atoms with van der Waals surface area (Å²) in [4.78, 5) is 13.1. The summed E-state index contributed by atoms with van der Waals surface area (Å²) in [5.74, 6) is -0.873. The van der Waals surface area contributed by atoms with E-state index >= 15 is 0 Å². The first-order chi connectivity index (χ1) is 13.9. The second-order valence-electron chi connectivity index (χ2n) is 6.83. The maximum Gasteiger partial charge on any atom is 0.267 e. The number of nitrogens with zero attached hydrogens (tertiary/aromatic N) is 1. The minimum absolute atomic E-state index is 0.140. The van der Waals surface area contributed by atoms with Crippen LogP contribution in [0, 0.1) is 5.82 Å². The van der Waals surface area contributed by atoms with Gasteiger partial charge >= 0.3 is 0 Å². The fraction of sp³-hybridized carbons (Fsp3) is 0.250. The Bertz CT molecular complexity index is 1190. The van der Waals surface area contributed by atoms with Crippen molar-refractivity contribution in [3.05, 3.63) is 58.2 Å². The van der Waals surface area contributed by atoms with Crippen LogP contribution in [0.5, 0.6) is 0 Å². The molecule has 0 saturated carbocycles. The fourth-order valence-corrected chi connectivity index (χ4v) is 6.36. The first-order valence-corrected chi connectivity index (χ1v) is 11.8. The average molecular weight is 453 g/mol. The summed E-state index contributed by atoms with van der Waals surface area (Å²) in [6.07, 6.45) is 2.73. The van der Waals surface area contributed by atoms with Gasteiger partial charge in [-0.25, -0.2) is 12.8 Å². The van der Waals surface area contributed by atoms with Crippen LogP contribution in [0.3, 0.4) is 0 Å². The van der Waals surface area contributed by atoms with Gasteiger partial charge in [0.1, 0.15) is 10.7 Å². The predicted octanol–water partition coefficient (Wildman–Crippen LogP) is 5.12. The smallest absolute Gasteiger partial charge is 0.267 e. The number of thiophene rings is 1. The number of anilines is 1. The van der Waals surface area contributed by atoms with Crippen molar-refractivity contribution in [1.82, 2.24) is 4.31 Å². The van der Waals surface area contributed by atoms with Gasteiger partial charge in [-0.1, -0.05) is 24.1 Å². The number of nitrogens with one attached hydrogen (secondary N) is 1. The second-order valence-corrected chi connectivity index (χ2v) is 10.2. The Morgan fingerprint density at radius 3 is 2.62 bits per heavy atom. The van der Waals surface area contributed by atoms with E-state index in [0.29, 0.717) is 28.9 Å². The van der Waals surface area contributed by atoms with Gasteiger partial charge in [-0.05, 0) is 49.2 Å². The van der Waals surface area contributed by atoms with Crippen molar-refractivity contribution in [1.29, 1.82) is 0 Å². The highest BCUT2D eigenvalue weighted by Crippen LogP contribution is 2.36. The molecule has 0 unspecified atom stereocenters. The normalized spacial score (nSPS) is 15.5. The molecule has 0 spiro atoms. The number of fused-ring (bicyclic) bond motifs is 1. The van der Waals surface area contributed by atoms with Gasteiger partial charge in [-0.2, -0.15) is 4.31 Å². The number of sulfonamides is 1. The molecule has 9 heteroatoms. The van der Waals surface area contributed by atoms with Gasteiger partial charge in [-0.3, -0.25) is 4.79 Å². The lowest BCUT2D eigenvalue weighted by atomic mass is 10.2. The number of carbonyl (C=O) groups excluding carboxylic acids is 1. The molecule has 1 aliphatic heterocycles. The minimum atomic E-state index is -3.60. The number of halogens is 2. The molecule has 1 fully saturated rings. The van der Waals surface area contributed by atoms with Crippen molar-refractivity contribution in [3.63, 3.8) is 0 Å². The van der Waals surface area contributed by atoms with Crippen molar-refractivity contribution in [2.75, 3.05) is 18.4 Å². The summed E-state index contributed by atoms with van der Waals surface area (Å²) in [7, 11) is -3.60. The fourth-order valence-electron chi connectivity index (χ4n) is 3.36. The lowest BCUT2D eigenvalue weighted by Gasteiger charge is -2.26. The SMILES string of the molecule is O=C(Nc1cccc(S(=O)(=O)N2CCCCC2)c1)c1sc2cc(F)ccc2c1Cl. The summed E-state index contributed by atoms with van der Waals surface area (Å²) in [5.41, 5.74) is 0.354. The molecule has 0 atom stereocenters. The van der Waals surface area contributed by atoms with Crippen LogP contribution in [0.2, 0.25) is 5.02 Å². The van der Waals surface area contributed by atoms with Gasteiger partial charge in [-0.15, -0.1) is 11.3 Å². The van der Waals surface area contributed by atoms with Gasteiger partial charge in [0.2, 0.25) is 10.0 Å². The lowest BCUT2D eigenvalue weighted by Crippen LogP contribution is -2.35. The molecule has 3 aromatic rings. The highest BCUT2D eigenvalue weighted by atomic mass is 35.5. The van der Waals surface area contributed by atoms with Crippen molar-refractivity contribution >= 4 is 54.6 Å². The number of rotatable bonds is 4. The van der Waals surface area contributed by atoms with Crippen LogP contribution in [0.15, 0.2) is 47.4 Å². The monoisotopic (exact) mass is 452 g/mol. The number of piperidine rings is 1. The molecule has 1 saturated heterocycles. The van der Waals surface area contributed by atoms with E-state index in [9.17, 15) is 17.6 Å². The molecule has 0 bridgehead atoms. The first kappa shape index (κ1) is 20.3. The maximum atomic E-state index is 13.4. The van der Waals surface area contributed by atoms with Gasteiger partial charge in [0.25, 0.3) is 5.91 Å². The zero-order valence-corrected chi connectivity index (χ0v) is 17.7. The zero-order valence-electron chi connectivity index (χ0n) is 15.3. The van der Waals surface area contributed by atoms with Crippen LogP contribution in [0.25, 0.3) is 10.1 Å². The quantitative estimate of drug-likeness (QED) is 0.597. The Kier molecular flexibility index (Phi) is 5.61. The third-order valence-electron chi connectivity index (χ3n) is 4.84. The molecule has 0 radical (unpaired) electrons. The molecule has 5 nitrogen and oxygen atoms in total. The van der Waals surface area contributed by atoms with Crippen molar-refractivity contribution in [2.24, 2.45) is 0 Å². The standard InChI is InChI=1S/C20H18ClFN2O3S2/c21-18-16-8-7-13(22)11-17(16)28-19(18)20(25)23-14-5-4-6-15(12-14)29(26,27)24-9-2-1-3-10-24/h4-8,11-12H,1-3,9-10H2,(H,23,25). The number of carbonyl (C=O) groups is 1. The van der Waals surface area contributed by atoms with Crippen molar-refractivity contribution < 1.29 is 17.6 Å². The Morgan fingerprint density at radius 1 is 1.10 bits per heavy atom. The third kappa shape index (κ3) is 4.02. The van der Waals surface area contributed by atoms with Crippen molar-refractivity contribution in [3.8, 4) is 0 Å². The Morgan fingerprint density at radius 2 is 1.86 bits per heavy atom. The van der Waals surface area contributed by atoms with Gasteiger partial charge in [0.05, 0.1) is 9.92 Å². The molecule has 29 heavy (non-hydrogen) atoms. The van der Waals surface area contributed by atoms with Gasteiger partial charge < -0.3 is 5.32 Å². The van der Waals surface area contributed by atoms with E-state index < -0.39 is 21.7 Å². The van der Waals surface area contributed by atoms with Gasteiger partial charge in [0, 0.05) is 28.9 Å². The van der Waals surface area contributed by atoms with Crippen LogP contribution in [0.1, 0.15) is 28.9 Å². The van der Waals surface area contributed by atoms with Gasteiger partial charge in [0.15, 0.2) is 0 Å². The first-order valence-electron chi connectivity index (χ1n) is 9.15. The summed E-state index contributed by atoms with van der Waals surface area (Å²) in [6.45, 7) is 1.01. The number of amides is 1. The highest BCUT2D eigenvalue weighted by Gasteiger charge is 2.26.